The van der Waals surface area contributed by atoms with Crippen LogP contribution in [0.2, 0.25) is 5.02 Å². The second-order valence-electron chi connectivity index (χ2n) is 9.27. The van der Waals surface area contributed by atoms with Crippen LogP contribution >= 0.6 is 22.9 Å². The second-order valence-corrected chi connectivity index (χ2v) is 10.6. The molecule has 33 heavy (non-hydrogen) atoms. The van der Waals surface area contributed by atoms with E-state index in [1.165, 1.54) is 11.3 Å². The number of aromatic nitrogens is 1. The number of Topliss-reactive ketones (excluding diaryl/α,β-unsaturated/α-hetero) is 1. The highest BCUT2D eigenvalue weighted by atomic mass is 35.5. The summed E-state index contributed by atoms with van der Waals surface area (Å²) in [6, 6.07) is 4.76. The molecule has 2 atom stereocenters. The number of fused-ring (bicyclic) bond motifs is 4. The van der Waals surface area contributed by atoms with Crippen LogP contribution in [0.4, 0.5) is 0 Å². The van der Waals surface area contributed by atoms with Crippen LogP contribution in [0.15, 0.2) is 23.6 Å². The number of carbonyl (C=O) groups is 3. The Balaban J connectivity index is 1.25. The molecule has 1 aromatic heterocycles. The summed E-state index contributed by atoms with van der Waals surface area (Å²) in [7, 11) is 0. The third kappa shape index (κ3) is 4.02. The van der Waals surface area contributed by atoms with Gasteiger partial charge in [0.25, 0.3) is 11.8 Å². The van der Waals surface area contributed by atoms with E-state index in [2.05, 4.69) is 15.6 Å². The van der Waals surface area contributed by atoms with Gasteiger partial charge in [-0.2, -0.15) is 0 Å². The highest BCUT2D eigenvalue weighted by Crippen LogP contribution is 2.47. The SMILES string of the molecule is Cc1csc(C(=O)NC23CCC(NC(=O)[C@H]4CC(=O)c5cc(Cl)ccc5O4)(CC2)C[C@@H]3O)n1. The highest BCUT2D eigenvalue weighted by molar-refractivity contribution is 7.11. The zero-order chi connectivity index (χ0) is 23.4. The molecule has 2 aromatic rings. The molecule has 2 amide bonds. The normalized spacial score (nSPS) is 30.3. The monoisotopic (exact) mass is 489 g/mol. The summed E-state index contributed by atoms with van der Waals surface area (Å²) in [6.07, 6.45) is 0.821. The van der Waals surface area contributed by atoms with Crippen molar-refractivity contribution < 1.29 is 24.2 Å². The molecule has 0 unspecified atom stereocenters. The number of hydrogen-bond acceptors (Lipinski definition) is 7. The average molecular weight is 490 g/mol. The van der Waals surface area contributed by atoms with Crippen molar-refractivity contribution in [2.75, 3.05) is 0 Å². The van der Waals surface area contributed by atoms with Gasteiger partial charge in [-0.25, -0.2) is 4.98 Å². The van der Waals surface area contributed by atoms with Crippen LogP contribution in [-0.2, 0) is 4.79 Å². The fraction of sp³-hybridized carbons (Fsp3) is 0.478. The Hall–Kier alpha value is -2.49. The molecule has 3 N–H and O–H groups in total. The van der Waals surface area contributed by atoms with E-state index in [9.17, 15) is 19.5 Å². The lowest BCUT2D eigenvalue weighted by Gasteiger charge is -2.56. The van der Waals surface area contributed by atoms with Gasteiger partial charge in [-0.15, -0.1) is 11.3 Å². The molecule has 0 spiro atoms. The van der Waals surface area contributed by atoms with Gasteiger partial charge < -0.3 is 20.5 Å². The lowest BCUT2D eigenvalue weighted by Crippen LogP contribution is -2.70. The first kappa shape index (κ1) is 22.3. The minimum atomic E-state index is -0.931. The van der Waals surface area contributed by atoms with Gasteiger partial charge in [0.1, 0.15) is 5.75 Å². The lowest BCUT2D eigenvalue weighted by molar-refractivity contribution is -0.134. The number of nitrogens with one attached hydrogen (secondary N) is 2. The molecule has 4 aliphatic rings. The molecule has 0 radical (unpaired) electrons. The third-order valence-electron chi connectivity index (χ3n) is 7.06. The van der Waals surface area contributed by atoms with Gasteiger partial charge in [0.15, 0.2) is 16.9 Å². The minimum Gasteiger partial charge on any atom is -0.479 e. The molecular weight excluding hydrogens is 466 g/mol. The second kappa shape index (κ2) is 8.07. The van der Waals surface area contributed by atoms with Gasteiger partial charge >= 0.3 is 0 Å². The molecule has 2 heterocycles. The first-order valence-corrected chi connectivity index (χ1v) is 12.2. The predicted octanol–water partition coefficient (Wildman–Crippen LogP) is 2.80. The summed E-state index contributed by atoms with van der Waals surface area (Å²) in [5.41, 5.74) is -0.149. The number of ether oxygens (including phenoxy) is 1. The average Bonchev–Trinajstić information content (AvgIpc) is 3.22. The van der Waals surface area contributed by atoms with E-state index in [1.807, 2.05) is 12.3 Å². The Morgan fingerprint density at radius 3 is 2.67 bits per heavy atom. The predicted molar refractivity (Wildman–Crippen MR) is 122 cm³/mol. The summed E-state index contributed by atoms with van der Waals surface area (Å²) in [6.45, 7) is 1.83. The zero-order valence-electron chi connectivity index (χ0n) is 18.0. The smallest absolute Gasteiger partial charge is 0.280 e. The number of aliphatic hydroxyl groups excluding tert-OH is 1. The van der Waals surface area contributed by atoms with Crippen molar-refractivity contribution in [1.29, 1.82) is 0 Å². The number of nitrogens with zero attached hydrogens (tertiary/aromatic N) is 1. The summed E-state index contributed by atoms with van der Waals surface area (Å²) in [5.74, 6) is -0.492. The topological polar surface area (TPSA) is 118 Å². The van der Waals surface area contributed by atoms with Crippen molar-refractivity contribution in [3.8, 4) is 5.75 Å². The summed E-state index contributed by atoms with van der Waals surface area (Å²) in [4.78, 5) is 42.5. The van der Waals surface area contributed by atoms with Crippen LogP contribution in [-0.4, -0.2) is 51.0 Å². The van der Waals surface area contributed by atoms with Crippen LogP contribution in [0.3, 0.4) is 0 Å². The van der Waals surface area contributed by atoms with Gasteiger partial charge in [0.05, 0.1) is 23.6 Å². The maximum absolute atomic E-state index is 13.0. The fourth-order valence-corrected chi connectivity index (χ4v) is 6.05. The van der Waals surface area contributed by atoms with Crippen molar-refractivity contribution >= 4 is 40.5 Å². The van der Waals surface area contributed by atoms with Gasteiger partial charge in [-0.05, 0) is 57.2 Å². The molecule has 10 heteroatoms. The van der Waals surface area contributed by atoms with E-state index in [4.69, 9.17) is 16.3 Å². The number of benzene rings is 1. The molecule has 6 rings (SSSR count). The van der Waals surface area contributed by atoms with E-state index in [-0.39, 0.29) is 24.0 Å². The minimum absolute atomic E-state index is 0.0644. The summed E-state index contributed by atoms with van der Waals surface area (Å²) >= 11 is 7.24. The molecule has 1 aromatic carbocycles. The molecule has 3 saturated carbocycles. The summed E-state index contributed by atoms with van der Waals surface area (Å²) in [5, 5.41) is 19.7. The Bertz CT molecular complexity index is 1140. The number of aliphatic hydroxyl groups is 1. The van der Waals surface area contributed by atoms with Gasteiger partial charge in [0.2, 0.25) is 0 Å². The number of ketones is 1. The van der Waals surface area contributed by atoms with Crippen LogP contribution in [0.5, 0.6) is 5.75 Å². The van der Waals surface area contributed by atoms with E-state index >= 15 is 0 Å². The van der Waals surface area contributed by atoms with Crippen molar-refractivity contribution in [2.45, 2.75) is 68.7 Å². The van der Waals surface area contributed by atoms with E-state index < -0.39 is 23.3 Å². The Labute approximate surface area is 199 Å². The number of thiazole rings is 1. The fourth-order valence-electron chi connectivity index (χ4n) is 5.18. The molecule has 1 aliphatic heterocycles. The van der Waals surface area contributed by atoms with Gasteiger partial charge in [-0.1, -0.05) is 11.6 Å². The van der Waals surface area contributed by atoms with Crippen LogP contribution in [0.25, 0.3) is 0 Å². The molecular formula is C23H24ClN3O5S. The number of rotatable bonds is 4. The number of amides is 2. The molecule has 2 bridgehead atoms. The van der Waals surface area contributed by atoms with Crippen molar-refractivity contribution in [2.24, 2.45) is 0 Å². The molecule has 8 nitrogen and oxygen atoms in total. The number of halogens is 1. The van der Waals surface area contributed by atoms with Gasteiger partial charge in [0, 0.05) is 21.6 Å². The molecule has 174 valence electrons. The Kier molecular flexibility index (Phi) is 5.46. The van der Waals surface area contributed by atoms with Gasteiger partial charge in [-0.3, -0.25) is 14.4 Å². The lowest BCUT2D eigenvalue weighted by atomic mass is 9.59. The quantitative estimate of drug-likeness (QED) is 0.608. The highest BCUT2D eigenvalue weighted by Gasteiger charge is 2.56. The standard InChI is InChI=1S/C23H24ClN3O5S/c1-12-11-33-21(25-12)20(31)27-23-6-4-22(5-7-23,10-18(23)29)26-19(30)17-9-15(28)14-8-13(24)2-3-16(14)32-17/h2-3,8,11,17-18,29H,4-7,9-10H2,1H3,(H,26,30)(H,27,31)/t17-,18+,22?,23?/m1/s1. The Morgan fingerprint density at radius 1 is 1.24 bits per heavy atom. The number of hydrogen-bond donors (Lipinski definition) is 3. The molecule has 3 fully saturated rings. The molecule has 3 aliphatic carbocycles. The molecule has 0 saturated heterocycles. The maximum atomic E-state index is 13.0. The number of carbonyl (C=O) groups excluding carboxylic acids is 3. The zero-order valence-corrected chi connectivity index (χ0v) is 19.6. The van der Waals surface area contributed by atoms with E-state index in [1.54, 1.807) is 18.2 Å². The first-order valence-electron chi connectivity index (χ1n) is 10.9. The van der Waals surface area contributed by atoms with Crippen molar-refractivity contribution in [3.63, 3.8) is 0 Å². The van der Waals surface area contributed by atoms with Crippen molar-refractivity contribution in [3.05, 3.63) is 44.9 Å². The third-order valence-corrected chi connectivity index (χ3v) is 8.25. The largest absolute Gasteiger partial charge is 0.479 e. The number of aryl methyl sites for hydroxylation is 1. The summed E-state index contributed by atoms with van der Waals surface area (Å²) < 4.78 is 5.80. The van der Waals surface area contributed by atoms with Crippen LogP contribution in [0.1, 0.15) is 64.4 Å². The van der Waals surface area contributed by atoms with E-state index in [0.29, 0.717) is 53.4 Å². The first-order chi connectivity index (χ1) is 15.7. The van der Waals surface area contributed by atoms with Crippen LogP contribution < -0.4 is 15.4 Å². The van der Waals surface area contributed by atoms with E-state index in [0.717, 1.165) is 5.69 Å². The van der Waals surface area contributed by atoms with Crippen LogP contribution in [0, 0.1) is 6.92 Å². The Morgan fingerprint density at radius 2 is 2.00 bits per heavy atom. The maximum Gasteiger partial charge on any atom is 0.280 e. The van der Waals surface area contributed by atoms with Crippen molar-refractivity contribution in [1.82, 2.24) is 15.6 Å².